The third kappa shape index (κ3) is 3.69. The molecule has 1 rings (SSSR count). The van der Waals surface area contributed by atoms with Crippen LogP contribution in [0.1, 0.15) is 44.3 Å². The molecule has 0 aliphatic rings. The average molecular weight is 215 g/mol. The van der Waals surface area contributed by atoms with Crippen LogP contribution in [0.15, 0.2) is 5.38 Å². The number of hydrogen-bond acceptors (Lipinski definition) is 3. The van der Waals surface area contributed by atoms with E-state index in [2.05, 4.69) is 38.1 Å². The quantitative estimate of drug-likeness (QED) is 0.755. The molecule has 0 N–H and O–H groups in total. The van der Waals surface area contributed by atoms with Gasteiger partial charge in [-0.2, -0.15) is 11.8 Å². The number of thioether (sulfide) groups is 1. The van der Waals surface area contributed by atoms with Crippen molar-refractivity contribution in [3.63, 3.8) is 0 Å². The number of aromatic nitrogens is 1. The van der Waals surface area contributed by atoms with E-state index in [0.717, 1.165) is 5.75 Å². The zero-order chi connectivity index (χ0) is 9.84. The minimum atomic E-state index is 0.564. The highest BCUT2D eigenvalue weighted by molar-refractivity contribution is 7.99. The summed E-state index contributed by atoms with van der Waals surface area (Å²) in [5, 5.41) is 4.15. The van der Waals surface area contributed by atoms with E-state index in [-0.39, 0.29) is 0 Å². The molecule has 74 valence electrons. The Morgan fingerprint density at radius 3 is 2.54 bits per heavy atom. The Kier molecular flexibility index (Phi) is 4.26. The van der Waals surface area contributed by atoms with Gasteiger partial charge in [-0.1, -0.05) is 27.7 Å². The first-order valence-electron chi connectivity index (χ1n) is 4.65. The van der Waals surface area contributed by atoms with Gasteiger partial charge in [-0.25, -0.2) is 4.98 Å². The third-order valence-electron chi connectivity index (χ3n) is 1.70. The van der Waals surface area contributed by atoms with Crippen LogP contribution >= 0.6 is 23.1 Å². The summed E-state index contributed by atoms with van der Waals surface area (Å²) in [7, 11) is 0. The van der Waals surface area contributed by atoms with Crippen LogP contribution in [0.3, 0.4) is 0 Å². The van der Waals surface area contributed by atoms with Crippen LogP contribution < -0.4 is 0 Å². The van der Waals surface area contributed by atoms with E-state index in [0.29, 0.717) is 11.2 Å². The predicted octanol–water partition coefficient (Wildman–Crippen LogP) is 3.91. The molecule has 0 saturated carbocycles. The molecular formula is C10H17NS2. The second-order valence-corrected chi connectivity index (χ2v) is 6.19. The molecule has 0 bridgehead atoms. The summed E-state index contributed by atoms with van der Waals surface area (Å²) in [5.74, 6) is 1.63. The minimum absolute atomic E-state index is 0.564. The van der Waals surface area contributed by atoms with Gasteiger partial charge in [0.2, 0.25) is 0 Å². The number of rotatable bonds is 4. The molecule has 0 radical (unpaired) electrons. The van der Waals surface area contributed by atoms with Crippen molar-refractivity contribution in [3.8, 4) is 0 Å². The zero-order valence-corrected chi connectivity index (χ0v) is 10.3. The van der Waals surface area contributed by atoms with Gasteiger partial charge in [0.25, 0.3) is 0 Å². The highest BCUT2D eigenvalue weighted by Crippen LogP contribution is 2.23. The van der Waals surface area contributed by atoms with E-state index in [1.165, 1.54) is 10.7 Å². The fourth-order valence-electron chi connectivity index (χ4n) is 0.895. The summed E-state index contributed by atoms with van der Waals surface area (Å²) < 4.78 is 0. The van der Waals surface area contributed by atoms with Crippen molar-refractivity contribution in [2.24, 2.45) is 0 Å². The Hall–Kier alpha value is -0.0200. The fraction of sp³-hybridized carbons (Fsp3) is 0.700. The van der Waals surface area contributed by atoms with Crippen LogP contribution in [0.5, 0.6) is 0 Å². The van der Waals surface area contributed by atoms with Crippen LogP contribution in [0, 0.1) is 0 Å². The highest BCUT2D eigenvalue weighted by Gasteiger charge is 2.05. The van der Waals surface area contributed by atoms with Crippen molar-refractivity contribution in [1.29, 1.82) is 0 Å². The van der Waals surface area contributed by atoms with Crippen molar-refractivity contribution in [2.45, 2.75) is 44.6 Å². The Morgan fingerprint density at radius 1 is 1.38 bits per heavy atom. The molecule has 0 saturated heterocycles. The molecule has 0 amide bonds. The van der Waals surface area contributed by atoms with Crippen molar-refractivity contribution < 1.29 is 0 Å². The molecule has 1 aromatic rings. The zero-order valence-electron chi connectivity index (χ0n) is 8.70. The van der Waals surface area contributed by atoms with Gasteiger partial charge < -0.3 is 0 Å². The van der Waals surface area contributed by atoms with Gasteiger partial charge >= 0.3 is 0 Å². The van der Waals surface area contributed by atoms with Gasteiger partial charge in [-0.3, -0.25) is 0 Å². The number of nitrogens with zero attached hydrogens (tertiary/aromatic N) is 1. The smallest absolute Gasteiger partial charge is 0.103 e. The van der Waals surface area contributed by atoms with Gasteiger partial charge in [-0.05, 0) is 11.2 Å². The second-order valence-electron chi connectivity index (χ2n) is 3.68. The first-order valence-corrected chi connectivity index (χ1v) is 6.58. The Bertz CT molecular complexity index is 253. The molecular weight excluding hydrogens is 198 g/mol. The lowest BCUT2D eigenvalue weighted by molar-refractivity contribution is 0.828. The van der Waals surface area contributed by atoms with E-state index >= 15 is 0 Å². The van der Waals surface area contributed by atoms with E-state index in [4.69, 9.17) is 0 Å². The van der Waals surface area contributed by atoms with Crippen molar-refractivity contribution >= 4 is 23.1 Å². The summed E-state index contributed by atoms with van der Waals surface area (Å²) in [6.45, 7) is 8.83. The molecule has 0 aliphatic heterocycles. The van der Waals surface area contributed by atoms with E-state index < -0.39 is 0 Å². The first kappa shape index (κ1) is 11.1. The van der Waals surface area contributed by atoms with Gasteiger partial charge in [0, 0.05) is 11.1 Å². The minimum Gasteiger partial charge on any atom is -0.245 e. The maximum absolute atomic E-state index is 4.58. The van der Waals surface area contributed by atoms with Gasteiger partial charge in [0.15, 0.2) is 0 Å². The van der Waals surface area contributed by atoms with E-state index in [1.54, 1.807) is 11.3 Å². The van der Waals surface area contributed by atoms with E-state index in [1.807, 2.05) is 11.8 Å². The molecule has 0 atom stereocenters. The molecule has 1 nitrogen and oxygen atoms in total. The summed E-state index contributed by atoms with van der Waals surface area (Å²) in [4.78, 5) is 4.58. The van der Waals surface area contributed by atoms with Crippen LogP contribution in [0.4, 0.5) is 0 Å². The Labute approximate surface area is 89.0 Å². The normalized spacial score (nSPS) is 11.5. The average Bonchev–Trinajstić information content (AvgIpc) is 2.48. The van der Waals surface area contributed by atoms with Gasteiger partial charge in [0.05, 0.1) is 5.69 Å². The molecule has 0 aromatic carbocycles. The maximum Gasteiger partial charge on any atom is 0.103 e. The second kappa shape index (κ2) is 5.01. The maximum atomic E-state index is 4.58. The molecule has 1 heterocycles. The first-order chi connectivity index (χ1) is 6.09. The summed E-state index contributed by atoms with van der Waals surface area (Å²) in [6.07, 6.45) is 0. The number of hydrogen-bond donors (Lipinski definition) is 0. The molecule has 0 fully saturated rings. The standard InChI is InChI=1S/C10H17NS2/c1-7(2)9-5-13-10(11-9)6-12-8(3)4/h5,7-8H,6H2,1-4H3. The van der Waals surface area contributed by atoms with Crippen LogP contribution in [-0.2, 0) is 5.75 Å². The van der Waals surface area contributed by atoms with Crippen LogP contribution in [0.25, 0.3) is 0 Å². The molecule has 3 heteroatoms. The summed E-state index contributed by atoms with van der Waals surface area (Å²) in [5.41, 5.74) is 1.24. The summed E-state index contributed by atoms with van der Waals surface area (Å²) >= 11 is 3.75. The fourth-order valence-corrected chi connectivity index (χ4v) is 2.65. The van der Waals surface area contributed by atoms with E-state index in [9.17, 15) is 0 Å². The van der Waals surface area contributed by atoms with Crippen molar-refractivity contribution in [3.05, 3.63) is 16.1 Å². The van der Waals surface area contributed by atoms with Crippen molar-refractivity contribution in [1.82, 2.24) is 4.98 Å². The lowest BCUT2D eigenvalue weighted by atomic mass is 10.2. The molecule has 0 unspecified atom stereocenters. The largest absolute Gasteiger partial charge is 0.245 e. The molecule has 0 spiro atoms. The monoisotopic (exact) mass is 215 g/mol. The van der Waals surface area contributed by atoms with Crippen LogP contribution in [-0.4, -0.2) is 10.2 Å². The summed E-state index contributed by atoms with van der Waals surface area (Å²) in [6, 6.07) is 0. The van der Waals surface area contributed by atoms with Crippen LogP contribution in [0.2, 0.25) is 0 Å². The third-order valence-corrected chi connectivity index (χ3v) is 3.86. The highest BCUT2D eigenvalue weighted by atomic mass is 32.2. The molecule has 13 heavy (non-hydrogen) atoms. The topological polar surface area (TPSA) is 12.9 Å². The van der Waals surface area contributed by atoms with Gasteiger partial charge in [-0.15, -0.1) is 11.3 Å². The number of thiazole rings is 1. The van der Waals surface area contributed by atoms with Crippen molar-refractivity contribution in [2.75, 3.05) is 0 Å². The lowest BCUT2D eigenvalue weighted by Crippen LogP contribution is -1.90. The Morgan fingerprint density at radius 2 is 2.08 bits per heavy atom. The predicted molar refractivity (Wildman–Crippen MR) is 62.6 cm³/mol. The van der Waals surface area contributed by atoms with Gasteiger partial charge in [0.1, 0.15) is 5.01 Å². The molecule has 1 aromatic heterocycles. The lowest BCUT2D eigenvalue weighted by Gasteiger charge is -2.01. The SMILES string of the molecule is CC(C)SCc1nc(C(C)C)cs1. The molecule has 0 aliphatic carbocycles. The Balaban J connectivity index is 2.49.